The van der Waals surface area contributed by atoms with Gasteiger partial charge in [-0.2, -0.15) is 0 Å². The molecule has 1 N–H and O–H groups in total. The molecule has 1 heterocycles. The molecule has 2 unspecified atom stereocenters. The summed E-state index contributed by atoms with van der Waals surface area (Å²) < 4.78 is 0. The molecule has 1 aliphatic carbocycles. The van der Waals surface area contributed by atoms with E-state index >= 15 is 0 Å². The van der Waals surface area contributed by atoms with Gasteiger partial charge in [0, 0.05) is 12.1 Å². The Hall–Kier alpha value is -3.03. The van der Waals surface area contributed by atoms with E-state index in [2.05, 4.69) is 0 Å². The molecule has 0 radical (unpaired) electrons. The van der Waals surface area contributed by atoms with Gasteiger partial charge >= 0.3 is 5.97 Å². The molecule has 1 aromatic carbocycles. The van der Waals surface area contributed by atoms with Gasteiger partial charge < -0.3 is 5.11 Å². The van der Waals surface area contributed by atoms with Gasteiger partial charge in [-0.3, -0.25) is 19.7 Å². The number of allylic oxidation sites excluding steroid dienone is 2. The molecule has 1 aliphatic heterocycles. The van der Waals surface area contributed by atoms with Crippen LogP contribution in [0, 0.1) is 22.0 Å². The summed E-state index contributed by atoms with van der Waals surface area (Å²) in [5, 5.41) is 20.2. The van der Waals surface area contributed by atoms with E-state index in [0.29, 0.717) is 12.8 Å². The van der Waals surface area contributed by atoms with Crippen molar-refractivity contribution < 1.29 is 24.4 Å². The standard InChI is InChI=1S/C15H12N2O6/c18-13-9-3-1-2-4-10(9)14(19)16(13)12-7-8(17(22)23)5-6-11(12)15(20)21/h1-2,5-7,9-10H,3-4H2,(H,20,21). The quantitative estimate of drug-likeness (QED) is 0.393. The highest BCUT2D eigenvalue weighted by atomic mass is 16.6. The highest BCUT2D eigenvalue weighted by molar-refractivity contribution is 6.24. The molecule has 1 saturated heterocycles. The second kappa shape index (κ2) is 5.31. The smallest absolute Gasteiger partial charge is 0.337 e. The van der Waals surface area contributed by atoms with Crippen LogP contribution in [0.1, 0.15) is 23.2 Å². The molecule has 8 heteroatoms. The van der Waals surface area contributed by atoms with Crippen molar-refractivity contribution in [3.8, 4) is 0 Å². The van der Waals surface area contributed by atoms with E-state index in [-0.39, 0.29) is 16.9 Å². The summed E-state index contributed by atoms with van der Waals surface area (Å²) in [4.78, 5) is 47.4. The van der Waals surface area contributed by atoms with E-state index in [1.54, 1.807) is 12.2 Å². The SMILES string of the molecule is O=C(O)c1ccc([N+](=O)[O-])cc1N1C(=O)C2CC=CCC2C1=O. The van der Waals surface area contributed by atoms with Crippen LogP contribution in [0.15, 0.2) is 30.4 Å². The number of carbonyl (C=O) groups excluding carboxylic acids is 2. The number of anilines is 1. The van der Waals surface area contributed by atoms with Crippen LogP contribution in [0.3, 0.4) is 0 Å². The van der Waals surface area contributed by atoms with Crippen molar-refractivity contribution in [3.63, 3.8) is 0 Å². The molecule has 3 rings (SSSR count). The molecule has 8 nitrogen and oxygen atoms in total. The zero-order chi connectivity index (χ0) is 16.7. The van der Waals surface area contributed by atoms with Gasteiger partial charge in [-0.15, -0.1) is 0 Å². The van der Waals surface area contributed by atoms with Crippen LogP contribution < -0.4 is 4.90 Å². The predicted molar refractivity (Wildman–Crippen MR) is 77.9 cm³/mol. The summed E-state index contributed by atoms with van der Waals surface area (Å²) in [7, 11) is 0. The topological polar surface area (TPSA) is 118 Å². The highest BCUT2D eigenvalue weighted by Gasteiger charge is 2.48. The lowest BCUT2D eigenvalue weighted by Gasteiger charge is -2.17. The van der Waals surface area contributed by atoms with Crippen molar-refractivity contribution in [1.29, 1.82) is 0 Å². The summed E-state index contributed by atoms with van der Waals surface area (Å²) in [6, 6.07) is 3.03. The second-order valence-corrected chi connectivity index (χ2v) is 5.43. The fourth-order valence-corrected chi connectivity index (χ4v) is 3.04. The molecule has 2 aliphatic rings. The van der Waals surface area contributed by atoms with Crippen molar-refractivity contribution in [2.45, 2.75) is 12.8 Å². The highest BCUT2D eigenvalue weighted by Crippen LogP contribution is 2.39. The number of carboxylic acids is 1. The molecular weight excluding hydrogens is 304 g/mol. The molecule has 23 heavy (non-hydrogen) atoms. The Morgan fingerprint density at radius 3 is 2.22 bits per heavy atom. The van der Waals surface area contributed by atoms with Crippen LogP contribution in [-0.2, 0) is 9.59 Å². The third-order valence-corrected chi connectivity index (χ3v) is 4.17. The maximum atomic E-state index is 12.5. The summed E-state index contributed by atoms with van der Waals surface area (Å²) in [5.74, 6) is -3.44. The molecule has 0 aromatic heterocycles. The Kier molecular flexibility index (Phi) is 3.44. The molecule has 2 amide bonds. The Labute approximate surface area is 130 Å². The van der Waals surface area contributed by atoms with Gasteiger partial charge in [0.05, 0.1) is 28.0 Å². The Morgan fingerprint density at radius 1 is 1.17 bits per heavy atom. The van der Waals surface area contributed by atoms with E-state index in [9.17, 15) is 29.6 Å². The average molecular weight is 316 g/mol. The average Bonchev–Trinajstić information content (AvgIpc) is 2.78. The number of nitro groups is 1. The van der Waals surface area contributed by atoms with E-state index in [1.807, 2.05) is 0 Å². The van der Waals surface area contributed by atoms with Crippen LogP contribution in [0.2, 0.25) is 0 Å². The molecule has 118 valence electrons. The van der Waals surface area contributed by atoms with Crippen LogP contribution in [-0.4, -0.2) is 27.8 Å². The molecule has 1 fully saturated rings. The first-order valence-corrected chi connectivity index (χ1v) is 6.96. The van der Waals surface area contributed by atoms with Gasteiger partial charge in [-0.1, -0.05) is 12.2 Å². The first-order valence-electron chi connectivity index (χ1n) is 6.96. The summed E-state index contributed by atoms with van der Waals surface area (Å²) >= 11 is 0. The Balaban J connectivity index is 2.12. The molecular formula is C15H12N2O6. The molecule has 2 atom stereocenters. The number of amides is 2. The predicted octanol–water partition coefficient (Wildman–Crippen LogP) is 1.75. The van der Waals surface area contributed by atoms with E-state index < -0.39 is 34.5 Å². The van der Waals surface area contributed by atoms with Crippen LogP contribution in [0.4, 0.5) is 11.4 Å². The minimum Gasteiger partial charge on any atom is -0.478 e. The fourth-order valence-electron chi connectivity index (χ4n) is 3.04. The molecule has 1 aromatic rings. The van der Waals surface area contributed by atoms with Crippen molar-refractivity contribution in [3.05, 3.63) is 46.0 Å². The first kappa shape index (κ1) is 14.9. The number of fused-ring (bicyclic) bond motifs is 1. The number of benzene rings is 1. The Bertz CT molecular complexity index is 743. The zero-order valence-corrected chi connectivity index (χ0v) is 11.8. The van der Waals surface area contributed by atoms with Crippen LogP contribution in [0.5, 0.6) is 0 Å². The summed E-state index contributed by atoms with van der Waals surface area (Å²) in [6.45, 7) is 0. The zero-order valence-electron chi connectivity index (χ0n) is 11.8. The third-order valence-electron chi connectivity index (χ3n) is 4.17. The fraction of sp³-hybridized carbons (Fsp3) is 0.267. The summed E-state index contributed by atoms with van der Waals surface area (Å²) in [5.41, 5.74) is -0.932. The number of carbonyl (C=O) groups is 3. The minimum atomic E-state index is -1.36. The van der Waals surface area contributed by atoms with E-state index in [0.717, 1.165) is 23.1 Å². The number of rotatable bonds is 3. The van der Waals surface area contributed by atoms with E-state index in [4.69, 9.17) is 0 Å². The number of non-ortho nitro benzene ring substituents is 1. The molecule has 0 saturated carbocycles. The molecule has 0 bridgehead atoms. The Morgan fingerprint density at radius 2 is 1.74 bits per heavy atom. The number of imide groups is 1. The second-order valence-electron chi connectivity index (χ2n) is 5.43. The number of nitrogens with zero attached hydrogens (tertiary/aromatic N) is 2. The maximum absolute atomic E-state index is 12.5. The number of hydrogen-bond acceptors (Lipinski definition) is 5. The van der Waals surface area contributed by atoms with Crippen LogP contribution >= 0.6 is 0 Å². The number of hydrogen-bond donors (Lipinski definition) is 1. The third kappa shape index (κ3) is 2.28. The lowest BCUT2D eigenvalue weighted by Crippen LogP contribution is -2.32. The van der Waals surface area contributed by atoms with Crippen molar-refractivity contribution >= 4 is 29.2 Å². The normalized spacial score (nSPS) is 23.0. The minimum absolute atomic E-state index is 0.240. The largest absolute Gasteiger partial charge is 0.478 e. The van der Waals surface area contributed by atoms with Crippen molar-refractivity contribution in [2.75, 3.05) is 4.90 Å². The summed E-state index contributed by atoms with van der Waals surface area (Å²) in [6.07, 6.45) is 4.43. The van der Waals surface area contributed by atoms with E-state index in [1.165, 1.54) is 0 Å². The van der Waals surface area contributed by atoms with Gasteiger partial charge in [-0.25, -0.2) is 9.69 Å². The first-order chi connectivity index (χ1) is 10.9. The maximum Gasteiger partial charge on any atom is 0.337 e. The monoisotopic (exact) mass is 316 g/mol. The lowest BCUT2D eigenvalue weighted by molar-refractivity contribution is -0.384. The number of carboxylic acid groups (broad SMARTS) is 1. The van der Waals surface area contributed by atoms with Gasteiger partial charge in [0.1, 0.15) is 0 Å². The van der Waals surface area contributed by atoms with Gasteiger partial charge in [0.2, 0.25) is 11.8 Å². The number of aromatic carboxylic acids is 1. The number of nitro benzene ring substituents is 1. The van der Waals surface area contributed by atoms with Crippen molar-refractivity contribution in [1.82, 2.24) is 0 Å². The van der Waals surface area contributed by atoms with Gasteiger partial charge in [-0.05, 0) is 18.9 Å². The van der Waals surface area contributed by atoms with Crippen molar-refractivity contribution in [2.24, 2.45) is 11.8 Å². The van der Waals surface area contributed by atoms with Gasteiger partial charge in [0.25, 0.3) is 5.69 Å². The molecule has 0 spiro atoms. The van der Waals surface area contributed by atoms with Crippen LogP contribution in [0.25, 0.3) is 0 Å². The lowest BCUT2D eigenvalue weighted by atomic mass is 9.85. The van der Waals surface area contributed by atoms with Gasteiger partial charge in [0.15, 0.2) is 0 Å².